The van der Waals surface area contributed by atoms with Crippen LogP contribution < -0.4 is 11.1 Å². The van der Waals surface area contributed by atoms with E-state index in [-0.39, 0.29) is 11.5 Å². The summed E-state index contributed by atoms with van der Waals surface area (Å²) in [6.07, 6.45) is 6.50. The molecule has 0 radical (unpaired) electrons. The van der Waals surface area contributed by atoms with Crippen molar-refractivity contribution in [2.24, 2.45) is 5.73 Å². The Morgan fingerprint density at radius 2 is 1.76 bits per heavy atom. The van der Waals surface area contributed by atoms with Crippen molar-refractivity contribution >= 4 is 23.6 Å². The molecule has 0 saturated carbocycles. The molecule has 2 amide bonds. The van der Waals surface area contributed by atoms with E-state index in [0.717, 1.165) is 11.3 Å². The number of nitrogens with zero attached hydrogens (tertiary/aromatic N) is 2. The number of carbonyl (C=O) groups is 2. The second kappa shape index (κ2) is 7.27. The second-order valence-corrected chi connectivity index (χ2v) is 5.29. The summed E-state index contributed by atoms with van der Waals surface area (Å²) in [6.45, 7) is 0. The molecule has 0 atom stereocenters. The summed E-state index contributed by atoms with van der Waals surface area (Å²) < 4.78 is 1.72. The van der Waals surface area contributed by atoms with E-state index < -0.39 is 5.91 Å². The third-order valence-corrected chi connectivity index (χ3v) is 3.50. The number of hydrogen-bond donors (Lipinski definition) is 2. The molecular weight excluding hydrogens is 316 g/mol. The molecule has 0 aliphatic rings. The highest BCUT2D eigenvalue weighted by Gasteiger charge is 2.08. The molecule has 0 fully saturated rings. The fourth-order valence-corrected chi connectivity index (χ4v) is 2.30. The molecule has 0 aliphatic carbocycles. The Balaban J connectivity index is 1.70. The first-order valence-corrected chi connectivity index (χ1v) is 7.61. The second-order valence-electron chi connectivity index (χ2n) is 5.29. The summed E-state index contributed by atoms with van der Waals surface area (Å²) in [5.74, 6) is -0.954. The van der Waals surface area contributed by atoms with Crippen molar-refractivity contribution in [3.05, 3.63) is 84.2 Å². The maximum atomic E-state index is 12.1. The average Bonchev–Trinajstić information content (AvgIpc) is 3.10. The smallest absolute Gasteiger partial charge is 0.250 e. The predicted molar refractivity (Wildman–Crippen MR) is 96.2 cm³/mol. The molecule has 25 heavy (non-hydrogen) atoms. The highest BCUT2D eigenvalue weighted by molar-refractivity contribution is 6.07. The largest absolute Gasteiger partial charge is 0.366 e. The molecule has 0 unspecified atom stereocenters. The normalized spacial score (nSPS) is 10.7. The number of hydrogen-bond acceptors (Lipinski definition) is 3. The Kier molecular flexibility index (Phi) is 4.71. The molecule has 1 heterocycles. The van der Waals surface area contributed by atoms with Gasteiger partial charge in [0.25, 0.3) is 5.91 Å². The number of aromatic nitrogens is 2. The number of nitrogens with one attached hydrogen (secondary N) is 1. The minimum Gasteiger partial charge on any atom is -0.366 e. The number of para-hydroxylation sites is 2. The maximum Gasteiger partial charge on any atom is 0.250 e. The van der Waals surface area contributed by atoms with Crippen molar-refractivity contribution in [1.82, 2.24) is 9.78 Å². The van der Waals surface area contributed by atoms with Crippen LogP contribution in [0.1, 0.15) is 15.9 Å². The summed E-state index contributed by atoms with van der Waals surface area (Å²) in [7, 11) is 0. The standard InChI is InChI=1S/C19H16N4O2/c20-19(25)16-8-4-5-9-17(16)22-18(24)11-10-14-12-21-23(13-14)15-6-2-1-3-7-15/h1-13H,(H2,20,25)(H,22,24)/b11-10+. The van der Waals surface area contributed by atoms with Crippen LogP contribution in [0.15, 0.2) is 73.1 Å². The first kappa shape index (κ1) is 16.2. The van der Waals surface area contributed by atoms with E-state index in [2.05, 4.69) is 10.4 Å². The molecule has 0 spiro atoms. The van der Waals surface area contributed by atoms with Gasteiger partial charge in [0.05, 0.1) is 23.1 Å². The monoisotopic (exact) mass is 332 g/mol. The van der Waals surface area contributed by atoms with Crippen molar-refractivity contribution < 1.29 is 9.59 Å². The van der Waals surface area contributed by atoms with E-state index in [0.29, 0.717) is 5.69 Å². The van der Waals surface area contributed by atoms with E-state index in [9.17, 15) is 9.59 Å². The van der Waals surface area contributed by atoms with Gasteiger partial charge in [-0.3, -0.25) is 9.59 Å². The number of primary amides is 1. The molecule has 3 aromatic rings. The molecule has 0 aliphatic heterocycles. The summed E-state index contributed by atoms with van der Waals surface area (Å²) in [5, 5.41) is 6.91. The topological polar surface area (TPSA) is 90.0 Å². The summed E-state index contributed by atoms with van der Waals surface area (Å²) in [4.78, 5) is 23.4. The lowest BCUT2D eigenvalue weighted by molar-refractivity contribution is -0.111. The van der Waals surface area contributed by atoms with Gasteiger partial charge >= 0.3 is 0 Å². The van der Waals surface area contributed by atoms with Gasteiger partial charge in [-0.15, -0.1) is 0 Å². The van der Waals surface area contributed by atoms with Crippen LogP contribution in [0.4, 0.5) is 5.69 Å². The Morgan fingerprint density at radius 3 is 2.52 bits per heavy atom. The summed E-state index contributed by atoms with van der Waals surface area (Å²) in [6, 6.07) is 16.3. The summed E-state index contributed by atoms with van der Waals surface area (Å²) >= 11 is 0. The van der Waals surface area contributed by atoms with E-state index >= 15 is 0 Å². The minimum atomic E-state index is -0.594. The van der Waals surface area contributed by atoms with Gasteiger partial charge in [0, 0.05) is 17.8 Å². The van der Waals surface area contributed by atoms with E-state index in [1.54, 1.807) is 41.2 Å². The lowest BCUT2D eigenvalue weighted by atomic mass is 10.1. The molecule has 6 heteroatoms. The maximum absolute atomic E-state index is 12.1. The number of nitrogens with two attached hydrogens (primary N) is 1. The van der Waals surface area contributed by atoms with Crippen LogP contribution in [0.5, 0.6) is 0 Å². The fourth-order valence-electron chi connectivity index (χ4n) is 2.30. The van der Waals surface area contributed by atoms with Gasteiger partial charge in [0.1, 0.15) is 0 Å². The van der Waals surface area contributed by atoms with E-state index in [1.807, 2.05) is 36.5 Å². The van der Waals surface area contributed by atoms with Crippen molar-refractivity contribution in [1.29, 1.82) is 0 Å². The quantitative estimate of drug-likeness (QED) is 0.704. The molecule has 0 saturated heterocycles. The highest BCUT2D eigenvalue weighted by atomic mass is 16.2. The SMILES string of the molecule is NC(=O)c1ccccc1NC(=O)/C=C/c1cnn(-c2ccccc2)c1. The molecule has 3 rings (SSSR count). The van der Waals surface area contributed by atoms with Crippen molar-refractivity contribution in [2.45, 2.75) is 0 Å². The van der Waals surface area contributed by atoms with Crippen LogP contribution in [0.25, 0.3) is 11.8 Å². The molecule has 3 N–H and O–H groups in total. The third kappa shape index (κ3) is 4.00. The van der Waals surface area contributed by atoms with Gasteiger partial charge in [-0.2, -0.15) is 5.10 Å². The first-order valence-electron chi connectivity index (χ1n) is 7.61. The zero-order valence-electron chi connectivity index (χ0n) is 13.3. The molecule has 124 valence electrons. The van der Waals surface area contributed by atoms with Gasteiger partial charge in [-0.1, -0.05) is 30.3 Å². The zero-order valence-corrected chi connectivity index (χ0v) is 13.3. The van der Waals surface area contributed by atoms with Crippen LogP contribution in [0, 0.1) is 0 Å². The van der Waals surface area contributed by atoms with Crippen LogP contribution in [-0.4, -0.2) is 21.6 Å². The van der Waals surface area contributed by atoms with Crippen molar-refractivity contribution in [3.63, 3.8) is 0 Å². The lowest BCUT2D eigenvalue weighted by Gasteiger charge is -2.06. The first-order chi connectivity index (χ1) is 12.1. The molecule has 6 nitrogen and oxygen atoms in total. The Hall–Kier alpha value is -3.67. The van der Waals surface area contributed by atoms with E-state index in [4.69, 9.17) is 5.73 Å². The van der Waals surface area contributed by atoms with Gasteiger partial charge in [-0.05, 0) is 30.3 Å². The van der Waals surface area contributed by atoms with Crippen LogP contribution >= 0.6 is 0 Å². The van der Waals surface area contributed by atoms with Crippen molar-refractivity contribution in [3.8, 4) is 5.69 Å². The molecule has 0 bridgehead atoms. The van der Waals surface area contributed by atoms with Gasteiger partial charge < -0.3 is 11.1 Å². The fraction of sp³-hybridized carbons (Fsp3) is 0. The van der Waals surface area contributed by atoms with Crippen LogP contribution in [-0.2, 0) is 4.79 Å². The number of rotatable bonds is 5. The number of carbonyl (C=O) groups excluding carboxylic acids is 2. The number of benzene rings is 2. The van der Waals surface area contributed by atoms with Gasteiger partial charge in [0.15, 0.2) is 0 Å². The Labute approximate surface area is 144 Å². The predicted octanol–water partition coefficient (Wildman–Crippen LogP) is 2.62. The minimum absolute atomic E-state index is 0.265. The van der Waals surface area contributed by atoms with Gasteiger partial charge in [-0.25, -0.2) is 4.68 Å². The highest BCUT2D eigenvalue weighted by Crippen LogP contribution is 2.14. The Morgan fingerprint density at radius 1 is 1.04 bits per heavy atom. The third-order valence-electron chi connectivity index (χ3n) is 3.50. The summed E-state index contributed by atoms with van der Waals surface area (Å²) in [5.41, 5.74) is 7.65. The number of anilines is 1. The number of amides is 2. The van der Waals surface area contributed by atoms with Crippen LogP contribution in [0.3, 0.4) is 0 Å². The van der Waals surface area contributed by atoms with Crippen LogP contribution in [0.2, 0.25) is 0 Å². The Bertz CT molecular complexity index is 929. The van der Waals surface area contributed by atoms with Crippen molar-refractivity contribution in [2.75, 3.05) is 5.32 Å². The average molecular weight is 332 g/mol. The zero-order chi connectivity index (χ0) is 17.6. The van der Waals surface area contributed by atoms with Gasteiger partial charge in [0.2, 0.25) is 5.91 Å². The molecule has 2 aromatic carbocycles. The lowest BCUT2D eigenvalue weighted by Crippen LogP contribution is -2.16. The molecule has 1 aromatic heterocycles. The van der Waals surface area contributed by atoms with E-state index in [1.165, 1.54) is 6.08 Å². The molecular formula is C19H16N4O2.